The molecule has 0 aromatic heterocycles. The van der Waals surface area contributed by atoms with E-state index in [4.69, 9.17) is 30.3 Å². The van der Waals surface area contributed by atoms with Crippen molar-refractivity contribution in [1.82, 2.24) is 0 Å². The molecule has 0 radical (unpaired) electrons. The van der Waals surface area contributed by atoms with Gasteiger partial charge in [0, 0.05) is 0 Å². The van der Waals surface area contributed by atoms with Gasteiger partial charge in [-0.2, -0.15) is 0 Å². The predicted molar refractivity (Wildman–Crippen MR) is 9.87 cm³/mol. The zero-order chi connectivity index (χ0) is 10.7. The van der Waals surface area contributed by atoms with Crippen molar-refractivity contribution in [3.8, 4) is 0 Å². The SMILES string of the molecule is [Ga+3].[O]=[Ta](=[O])[O-].[O]=[Ta](=[O])[O-].[O]=[Ta](=[O])[O-]. The molecule has 0 amide bonds. The van der Waals surface area contributed by atoms with E-state index in [0.717, 1.165) is 0 Å². The summed E-state index contributed by atoms with van der Waals surface area (Å²) in [4.78, 5) is 0. The summed E-state index contributed by atoms with van der Waals surface area (Å²) in [5, 5.41) is 0. The molecule has 0 spiro atoms. The van der Waals surface area contributed by atoms with E-state index in [1.807, 2.05) is 0 Å². The summed E-state index contributed by atoms with van der Waals surface area (Å²) in [6.07, 6.45) is 0. The molecule has 0 heterocycles. The van der Waals surface area contributed by atoms with Crippen LogP contribution >= 0.6 is 0 Å². The average Bonchev–Trinajstić information content (AvgIpc) is 1.54. The topological polar surface area (TPSA) is 172 Å². The van der Waals surface area contributed by atoms with Crippen LogP contribution in [0, 0.1) is 0 Å². The second kappa shape index (κ2) is 19.2. The van der Waals surface area contributed by atoms with Crippen molar-refractivity contribution in [3.63, 3.8) is 0 Å². The molecule has 13 heteroatoms. The molecule has 0 aromatic rings. The Kier molecular flexibility index (Phi) is 35.4. The Morgan fingerprint density at radius 2 is 0.538 bits per heavy atom. The van der Waals surface area contributed by atoms with Crippen molar-refractivity contribution in [2.45, 2.75) is 0 Å². The van der Waals surface area contributed by atoms with Crippen LogP contribution in [-0.4, -0.2) is 19.8 Å². The molecule has 0 aliphatic heterocycles. The third-order valence-corrected chi connectivity index (χ3v) is 0. The van der Waals surface area contributed by atoms with Crippen molar-refractivity contribution in [2.24, 2.45) is 0 Å². The van der Waals surface area contributed by atoms with Gasteiger partial charge >= 0.3 is 106 Å². The monoisotopic (exact) mass is 756 g/mol. The molecule has 0 aromatic carbocycles. The van der Waals surface area contributed by atoms with Gasteiger partial charge in [-0.25, -0.2) is 0 Å². The van der Waals surface area contributed by atoms with Gasteiger partial charge < -0.3 is 0 Å². The first-order valence-electron chi connectivity index (χ1n) is 1.64. The minimum absolute atomic E-state index is 0. The second-order valence-electron chi connectivity index (χ2n) is 0.671. The van der Waals surface area contributed by atoms with Crippen LogP contribution in [0.4, 0.5) is 0 Å². The zero-order valence-corrected chi connectivity index (χ0v) is 17.7. The third kappa shape index (κ3) is 763. The van der Waals surface area contributed by atoms with Gasteiger partial charge in [-0.05, 0) is 0 Å². The molecule has 0 N–H and O–H groups in total. The molecular weight excluding hydrogens is 757 g/mol. The molecule has 0 fully saturated rings. The van der Waals surface area contributed by atoms with Gasteiger partial charge in [0.1, 0.15) is 0 Å². The molecule has 72 valence electrons. The van der Waals surface area contributed by atoms with Crippen molar-refractivity contribution in [1.29, 1.82) is 0 Å². The Balaban J connectivity index is -0.0000000450. The fourth-order valence-corrected chi connectivity index (χ4v) is 0. The fraction of sp³-hybridized carbons (Fsp3) is 0. The Bertz CT molecular complexity index is 208. The summed E-state index contributed by atoms with van der Waals surface area (Å²) in [6.45, 7) is 0. The molecule has 0 saturated carbocycles. The van der Waals surface area contributed by atoms with E-state index in [0.29, 0.717) is 0 Å². The molecule has 0 aliphatic rings. The van der Waals surface area contributed by atoms with E-state index in [2.05, 4.69) is 0 Å². The first kappa shape index (κ1) is 24.0. The summed E-state index contributed by atoms with van der Waals surface area (Å²) in [7, 11) is 0. The van der Waals surface area contributed by atoms with Crippen LogP contribution < -0.4 is 10.8 Å². The molecule has 0 bridgehead atoms. The minimum atomic E-state index is -4.34. The van der Waals surface area contributed by atoms with E-state index in [1.54, 1.807) is 0 Å². The van der Waals surface area contributed by atoms with E-state index < -0.39 is 56.4 Å². The van der Waals surface area contributed by atoms with Gasteiger partial charge in [-0.1, -0.05) is 0 Å². The number of rotatable bonds is 0. The summed E-state index contributed by atoms with van der Waals surface area (Å²) >= 11 is -13.0. The van der Waals surface area contributed by atoms with Crippen LogP contribution in [0.3, 0.4) is 0 Å². The summed E-state index contributed by atoms with van der Waals surface area (Å²) < 4.78 is 77.6. The van der Waals surface area contributed by atoms with Crippen molar-refractivity contribution in [2.75, 3.05) is 0 Å². The average molecular weight is 757 g/mol. The van der Waals surface area contributed by atoms with E-state index in [9.17, 15) is 0 Å². The van der Waals surface area contributed by atoms with Crippen LogP contribution in [-0.2, 0) is 75.9 Å². The zero-order valence-electron chi connectivity index (χ0n) is 5.59. The summed E-state index contributed by atoms with van der Waals surface area (Å²) in [5.74, 6) is 0. The molecule has 0 saturated heterocycles. The van der Waals surface area contributed by atoms with Crippen molar-refractivity contribution in [3.05, 3.63) is 0 Å². The van der Waals surface area contributed by atoms with Crippen molar-refractivity contribution >= 4 is 19.8 Å². The van der Waals surface area contributed by atoms with E-state index >= 15 is 0 Å². The third-order valence-electron chi connectivity index (χ3n) is 0. The van der Waals surface area contributed by atoms with Gasteiger partial charge in [0.2, 0.25) is 0 Å². The molecule has 0 rings (SSSR count). The first-order chi connectivity index (χ1) is 5.20. The molecule has 0 aliphatic carbocycles. The number of hydrogen-bond donors (Lipinski definition) is 0. The summed E-state index contributed by atoms with van der Waals surface area (Å²) in [5.41, 5.74) is 0. The second-order valence-corrected chi connectivity index (χ2v) is 5.49. The summed E-state index contributed by atoms with van der Waals surface area (Å²) in [6, 6.07) is 0. The predicted octanol–water partition coefficient (Wildman–Crippen LogP) is -4.67. The Hall–Kier alpha value is 1.54. The van der Waals surface area contributed by atoms with Crippen LogP contribution in [0.15, 0.2) is 0 Å². The quantitative estimate of drug-likeness (QED) is 0.221. The molecule has 9 nitrogen and oxygen atoms in total. The van der Waals surface area contributed by atoms with Crippen molar-refractivity contribution < 1.29 is 86.7 Å². The van der Waals surface area contributed by atoms with Crippen LogP contribution in [0.5, 0.6) is 0 Å². The van der Waals surface area contributed by atoms with Gasteiger partial charge in [-0.15, -0.1) is 0 Å². The maximum absolute atomic E-state index is 8.62. The first-order valence-corrected chi connectivity index (χ1v) is 13.4. The normalized spacial score (nSPS) is 5.77. The van der Waals surface area contributed by atoms with Gasteiger partial charge in [0.05, 0.1) is 0 Å². The Labute approximate surface area is 105 Å². The van der Waals surface area contributed by atoms with Crippen LogP contribution in [0.25, 0.3) is 0 Å². The van der Waals surface area contributed by atoms with E-state index in [1.165, 1.54) is 0 Å². The standard InChI is InChI=1S/Ga.9O.3Ta/q+3;;;;;;;3*-1;;;. The van der Waals surface area contributed by atoms with Gasteiger partial charge in [-0.3, -0.25) is 0 Å². The Morgan fingerprint density at radius 1 is 0.538 bits per heavy atom. The maximum atomic E-state index is 8.62. The molecule has 13 heavy (non-hydrogen) atoms. The molecular formula is GaO9Ta3. The van der Waals surface area contributed by atoms with Crippen LogP contribution in [0.2, 0.25) is 0 Å². The molecule has 0 unspecified atom stereocenters. The van der Waals surface area contributed by atoms with Gasteiger partial charge in [0.15, 0.2) is 0 Å². The van der Waals surface area contributed by atoms with E-state index in [-0.39, 0.29) is 19.8 Å². The number of hydrogen-bond acceptors (Lipinski definition) is 9. The van der Waals surface area contributed by atoms with Gasteiger partial charge in [0.25, 0.3) is 0 Å². The molecule has 0 atom stereocenters. The Morgan fingerprint density at radius 3 is 0.538 bits per heavy atom. The fourth-order valence-electron chi connectivity index (χ4n) is 0. The van der Waals surface area contributed by atoms with Crippen LogP contribution in [0.1, 0.15) is 0 Å².